The molecule has 0 radical (unpaired) electrons. The summed E-state index contributed by atoms with van der Waals surface area (Å²) in [5.74, 6) is 1.42. The van der Waals surface area contributed by atoms with E-state index in [0.29, 0.717) is 17.7 Å². The molecule has 2 rings (SSSR count). The molecular formula is C13H23N3O. The molecule has 1 aliphatic rings. The molecule has 1 fully saturated rings. The summed E-state index contributed by atoms with van der Waals surface area (Å²) in [6, 6.07) is 1.96. The van der Waals surface area contributed by atoms with Crippen LogP contribution in [0.15, 0.2) is 6.07 Å². The topological polar surface area (TPSA) is 64.1 Å². The van der Waals surface area contributed by atoms with Crippen molar-refractivity contribution < 1.29 is 5.11 Å². The van der Waals surface area contributed by atoms with E-state index < -0.39 is 0 Å². The van der Waals surface area contributed by atoms with Crippen molar-refractivity contribution in [3.63, 3.8) is 0 Å². The summed E-state index contributed by atoms with van der Waals surface area (Å²) in [6.07, 6.45) is 1.62. The van der Waals surface area contributed by atoms with Gasteiger partial charge in [-0.05, 0) is 39.5 Å². The van der Waals surface area contributed by atoms with Crippen molar-refractivity contribution in [3.05, 3.63) is 11.8 Å². The van der Waals surface area contributed by atoms with Gasteiger partial charge in [0.05, 0.1) is 17.3 Å². The number of rotatable bonds is 1. The third-order valence-electron chi connectivity index (χ3n) is 3.65. The highest BCUT2D eigenvalue weighted by molar-refractivity contribution is 5.34. The quantitative estimate of drug-likeness (QED) is 0.786. The van der Waals surface area contributed by atoms with Crippen molar-refractivity contribution in [2.24, 2.45) is 5.92 Å². The van der Waals surface area contributed by atoms with Crippen molar-refractivity contribution in [1.29, 1.82) is 0 Å². The predicted molar refractivity (Wildman–Crippen MR) is 68.8 cm³/mol. The van der Waals surface area contributed by atoms with Crippen LogP contribution in [0, 0.1) is 5.92 Å². The summed E-state index contributed by atoms with van der Waals surface area (Å²) in [7, 11) is 0. The van der Waals surface area contributed by atoms with E-state index in [1.165, 1.54) is 0 Å². The summed E-state index contributed by atoms with van der Waals surface area (Å²) in [5.41, 5.74) is 6.94. The predicted octanol–water partition coefficient (Wildman–Crippen LogP) is 2.09. The molecule has 0 spiro atoms. The van der Waals surface area contributed by atoms with E-state index in [-0.39, 0.29) is 11.6 Å². The summed E-state index contributed by atoms with van der Waals surface area (Å²) < 4.78 is 1.87. The molecular weight excluding hydrogens is 214 g/mol. The Labute approximate surface area is 103 Å². The van der Waals surface area contributed by atoms with Crippen LogP contribution in [-0.2, 0) is 5.54 Å². The van der Waals surface area contributed by atoms with Crippen LogP contribution < -0.4 is 5.73 Å². The molecule has 4 heteroatoms. The minimum absolute atomic E-state index is 0.0921. The monoisotopic (exact) mass is 237 g/mol. The highest BCUT2D eigenvalue weighted by atomic mass is 16.3. The molecule has 0 unspecified atom stereocenters. The Morgan fingerprint density at radius 1 is 1.41 bits per heavy atom. The average molecular weight is 237 g/mol. The van der Waals surface area contributed by atoms with Gasteiger partial charge in [0.15, 0.2) is 0 Å². The first-order chi connectivity index (χ1) is 7.79. The molecule has 0 saturated heterocycles. The van der Waals surface area contributed by atoms with Gasteiger partial charge in [-0.1, -0.05) is 6.92 Å². The SMILES string of the molecule is C[C@@H]1C[C@H](c2cc(N)n(C(C)(C)C)n2)C[C@@H]1O. The molecule has 1 aliphatic carbocycles. The fourth-order valence-corrected chi connectivity index (χ4v) is 2.62. The molecule has 4 nitrogen and oxygen atoms in total. The van der Waals surface area contributed by atoms with Gasteiger partial charge in [-0.3, -0.25) is 0 Å². The van der Waals surface area contributed by atoms with Gasteiger partial charge in [-0.15, -0.1) is 0 Å². The van der Waals surface area contributed by atoms with Crippen molar-refractivity contribution in [1.82, 2.24) is 9.78 Å². The molecule has 3 atom stereocenters. The lowest BCUT2D eigenvalue weighted by Gasteiger charge is -2.20. The third kappa shape index (κ3) is 2.32. The third-order valence-corrected chi connectivity index (χ3v) is 3.65. The maximum absolute atomic E-state index is 9.80. The zero-order chi connectivity index (χ0) is 12.8. The number of nitrogen functional groups attached to an aromatic ring is 1. The van der Waals surface area contributed by atoms with Crippen molar-refractivity contribution in [3.8, 4) is 0 Å². The molecule has 0 amide bonds. The van der Waals surface area contributed by atoms with Gasteiger partial charge >= 0.3 is 0 Å². The van der Waals surface area contributed by atoms with E-state index in [1.807, 2.05) is 10.7 Å². The van der Waals surface area contributed by atoms with Crippen LogP contribution in [0.2, 0.25) is 0 Å². The number of aliphatic hydroxyl groups excluding tert-OH is 1. The summed E-state index contributed by atoms with van der Waals surface area (Å²) in [5, 5.41) is 14.4. The molecule has 0 bridgehead atoms. The zero-order valence-electron chi connectivity index (χ0n) is 11.1. The minimum Gasteiger partial charge on any atom is -0.393 e. The van der Waals surface area contributed by atoms with E-state index in [0.717, 1.165) is 18.5 Å². The van der Waals surface area contributed by atoms with Crippen LogP contribution in [0.4, 0.5) is 5.82 Å². The van der Waals surface area contributed by atoms with E-state index >= 15 is 0 Å². The Kier molecular flexibility index (Phi) is 2.94. The second kappa shape index (κ2) is 4.02. The first-order valence-corrected chi connectivity index (χ1v) is 6.33. The molecule has 0 aromatic carbocycles. The average Bonchev–Trinajstić information content (AvgIpc) is 2.70. The Hall–Kier alpha value is -1.03. The maximum atomic E-state index is 9.80. The largest absolute Gasteiger partial charge is 0.393 e. The van der Waals surface area contributed by atoms with Gasteiger partial charge in [0.1, 0.15) is 5.82 Å². The lowest BCUT2D eigenvalue weighted by Crippen LogP contribution is -2.24. The second-order valence-electron chi connectivity index (χ2n) is 6.29. The standard InChI is InChI=1S/C13H23N3O/c1-8-5-9(6-11(8)17)10-7-12(14)16(15-10)13(2,3)4/h7-9,11,17H,5-6,14H2,1-4H3/t8-,9+,11+/m1/s1. The van der Waals surface area contributed by atoms with Gasteiger partial charge in [0, 0.05) is 12.0 Å². The molecule has 1 aromatic rings. The highest BCUT2D eigenvalue weighted by Gasteiger charge is 2.33. The van der Waals surface area contributed by atoms with Gasteiger partial charge in [0.2, 0.25) is 0 Å². The van der Waals surface area contributed by atoms with Gasteiger partial charge in [-0.2, -0.15) is 5.10 Å². The summed E-state index contributed by atoms with van der Waals surface area (Å²) >= 11 is 0. The lowest BCUT2D eigenvalue weighted by atomic mass is 10.0. The normalized spacial score (nSPS) is 29.8. The van der Waals surface area contributed by atoms with Crippen molar-refractivity contribution in [2.75, 3.05) is 5.73 Å². The summed E-state index contributed by atoms with van der Waals surface area (Å²) in [4.78, 5) is 0. The van der Waals surface area contributed by atoms with Crippen LogP contribution in [0.3, 0.4) is 0 Å². The fourth-order valence-electron chi connectivity index (χ4n) is 2.62. The number of nitrogens with two attached hydrogens (primary N) is 1. The first-order valence-electron chi connectivity index (χ1n) is 6.33. The van der Waals surface area contributed by atoms with Crippen LogP contribution in [0.5, 0.6) is 0 Å². The molecule has 1 heterocycles. The van der Waals surface area contributed by atoms with Crippen LogP contribution in [0.1, 0.15) is 52.1 Å². The van der Waals surface area contributed by atoms with Gasteiger partial charge in [-0.25, -0.2) is 4.68 Å². The van der Waals surface area contributed by atoms with E-state index in [1.54, 1.807) is 0 Å². The van der Waals surface area contributed by atoms with E-state index in [2.05, 4.69) is 32.8 Å². The first kappa shape index (κ1) is 12.4. The Bertz CT molecular complexity index is 395. The number of aliphatic hydroxyl groups is 1. The Morgan fingerprint density at radius 2 is 2.06 bits per heavy atom. The number of aromatic nitrogens is 2. The number of hydrogen-bond acceptors (Lipinski definition) is 3. The van der Waals surface area contributed by atoms with Gasteiger partial charge in [0.25, 0.3) is 0 Å². The maximum Gasteiger partial charge on any atom is 0.122 e. The van der Waals surface area contributed by atoms with Crippen LogP contribution in [0.25, 0.3) is 0 Å². The Balaban J connectivity index is 2.24. The molecule has 96 valence electrons. The summed E-state index contributed by atoms with van der Waals surface area (Å²) in [6.45, 7) is 8.36. The van der Waals surface area contributed by atoms with E-state index in [4.69, 9.17) is 5.73 Å². The second-order valence-corrected chi connectivity index (χ2v) is 6.29. The Morgan fingerprint density at radius 3 is 2.47 bits per heavy atom. The van der Waals surface area contributed by atoms with Crippen LogP contribution >= 0.6 is 0 Å². The molecule has 1 saturated carbocycles. The smallest absolute Gasteiger partial charge is 0.122 e. The lowest BCUT2D eigenvalue weighted by molar-refractivity contribution is 0.140. The number of anilines is 1. The van der Waals surface area contributed by atoms with Gasteiger partial charge < -0.3 is 10.8 Å². The van der Waals surface area contributed by atoms with Crippen LogP contribution in [-0.4, -0.2) is 21.0 Å². The number of hydrogen-bond donors (Lipinski definition) is 2. The fraction of sp³-hybridized carbons (Fsp3) is 0.769. The minimum atomic E-state index is -0.194. The molecule has 3 N–H and O–H groups in total. The van der Waals surface area contributed by atoms with Crippen molar-refractivity contribution >= 4 is 5.82 Å². The van der Waals surface area contributed by atoms with E-state index in [9.17, 15) is 5.11 Å². The zero-order valence-corrected chi connectivity index (χ0v) is 11.1. The van der Waals surface area contributed by atoms with Crippen molar-refractivity contribution in [2.45, 2.75) is 58.1 Å². The molecule has 0 aliphatic heterocycles. The highest BCUT2D eigenvalue weighted by Crippen LogP contribution is 2.38. The number of nitrogens with zero attached hydrogens (tertiary/aromatic N) is 2. The molecule has 1 aromatic heterocycles. The molecule has 17 heavy (non-hydrogen) atoms.